The summed E-state index contributed by atoms with van der Waals surface area (Å²) in [7, 11) is 0. The van der Waals surface area contributed by atoms with E-state index in [1.807, 2.05) is 18.2 Å². The standard InChI is InChI=1S/C14H14N4O/c1-10-12(9-19)18-14(15-10)16-13(17-18)8-7-11-5-3-2-4-6-11/h2-6,9H,7-8H2,1H3,(H,15,16,17). The molecule has 3 aromatic rings. The Morgan fingerprint density at radius 2 is 2.00 bits per heavy atom. The van der Waals surface area contributed by atoms with Crippen LogP contribution in [-0.4, -0.2) is 25.9 Å². The second-order valence-corrected chi connectivity index (χ2v) is 4.49. The van der Waals surface area contributed by atoms with Gasteiger partial charge in [-0.1, -0.05) is 30.3 Å². The van der Waals surface area contributed by atoms with Crippen molar-refractivity contribution in [3.05, 3.63) is 53.1 Å². The molecular formula is C14H14N4O. The van der Waals surface area contributed by atoms with Gasteiger partial charge in [0.15, 0.2) is 6.29 Å². The molecule has 0 amide bonds. The number of H-pyrrole nitrogens is 1. The van der Waals surface area contributed by atoms with Crippen molar-refractivity contribution in [3.8, 4) is 0 Å². The Hall–Kier alpha value is -2.43. The molecule has 0 aliphatic heterocycles. The van der Waals surface area contributed by atoms with Crippen molar-refractivity contribution in [2.24, 2.45) is 0 Å². The van der Waals surface area contributed by atoms with Crippen LogP contribution in [0.15, 0.2) is 30.3 Å². The molecule has 19 heavy (non-hydrogen) atoms. The van der Waals surface area contributed by atoms with Gasteiger partial charge in [-0.25, -0.2) is 9.50 Å². The van der Waals surface area contributed by atoms with Gasteiger partial charge in [-0.15, -0.1) is 0 Å². The number of fused-ring (bicyclic) bond motifs is 1. The lowest BCUT2D eigenvalue weighted by Gasteiger charge is -1.98. The topological polar surface area (TPSA) is 63.1 Å². The Morgan fingerprint density at radius 1 is 1.21 bits per heavy atom. The molecule has 5 heteroatoms. The number of nitrogens with one attached hydrogen (secondary N) is 1. The number of rotatable bonds is 4. The average Bonchev–Trinajstić information content (AvgIpc) is 2.93. The molecule has 1 aromatic carbocycles. The van der Waals surface area contributed by atoms with Gasteiger partial charge in [-0.2, -0.15) is 4.98 Å². The minimum Gasteiger partial charge on any atom is -0.296 e. The summed E-state index contributed by atoms with van der Waals surface area (Å²) < 4.78 is 1.64. The lowest BCUT2D eigenvalue weighted by Crippen LogP contribution is -1.97. The molecule has 96 valence electrons. The number of carbonyl (C=O) groups excluding carboxylic acids is 1. The zero-order valence-electron chi connectivity index (χ0n) is 10.6. The van der Waals surface area contributed by atoms with Gasteiger partial charge in [0.1, 0.15) is 11.5 Å². The molecule has 0 unspecified atom stereocenters. The summed E-state index contributed by atoms with van der Waals surface area (Å²) in [4.78, 5) is 19.6. The summed E-state index contributed by atoms with van der Waals surface area (Å²) in [6.45, 7) is 1.80. The van der Waals surface area contributed by atoms with Crippen molar-refractivity contribution in [2.45, 2.75) is 19.8 Å². The Balaban J connectivity index is 1.82. The van der Waals surface area contributed by atoms with E-state index in [2.05, 4.69) is 27.2 Å². The number of hydrogen-bond acceptors (Lipinski definition) is 3. The Bertz CT molecular complexity index is 712. The third-order valence-electron chi connectivity index (χ3n) is 3.16. The van der Waals surface area contributed by atoms with Crippen LogP contribution in [0.5, 0.6) is 0 Å². The first kappa shape index (κ1) is 11.6. The van der Waals surface area contributed by atoms with Crippen LogP contribution in [0, 0.1) is 6.92 Å². The monoisotopic (exact) mass is 254 g/mol. The quantitative estimate of drug-likeness (QED) is 0.724. The van der Waals surface area contributed by atoms with E-state index in [1.54, 1.807) is 11.4 Å². The highest BCUT2D eigenvalue weighted by Gasteiger charge is 2.11. The predicted octanol–water partition coefficient (Wildman–Crippen LogP) is 1.96. The van der Waals surface area contributed by atoms with E-state index in [-0.39, 0.29) is 0 Å². The minimum absolute atomic E-state index is 0.536. The van der Waals surface area contributed by atoms with Crippen LogP contribution in [0.2, 0.25) is 0 Å². The Morgan fingerprint density at radius 3 is 2.74 bits per heavy atom. The van der Waals surface area contributed by atoms with Crippen LogP contribution in [0.25, 0.3) is 5.78 Å². The predicted molar refractivity (Wildman–Crippen MR) is 71.3 cm³/mol. The molecule has 0 radical (unpaired) electrons. The molecule has 0 aliphatic carbocycles. The summed E-state index contributed by atoms with van der Waals surface area (Å²) in [6.07, 6.45) is 2.51. The van der Waals surface area contributed by atoms with Crippen molar-refractivity contribution in [2.75, 3.05) is 0 Å². The normalized spacial score (nSPS) is 11.0. The zero-order chi connectivity index (χ0) is 13.2. The maximum absolute atomic E-state index is 11.0. The molecule has 2 aromatic heterocycles. The number of imidazole rings is 1. The SMILES string of the molecule is Cc1nc2nc(CCc3ccccc3)[nH]n2c1C=O. The second kappa shape index (κ2) is 4.68. The van der Waals surface area contributed by atoms with Crippen molar-refractivity contribution in [3.63, 3.8) is 0 Å². The van der Waals surface area contributed by atoms with Gasteiger partial charge in [0.25, 0.3) is 5.78 Å². The molecule has 0 atom stereocenters. The van der Waals surface area contributed by atoms with Gasteiger partial charge in [0, 0.05) is 6.42 Å². The van der Waals surface area contributed by atoms with Crippen LogP contribution in [-0.2, 0) is 12.8 Å². The minimum atomic E-state index is 0.536. The number of aromatic amines is 1. The fraction of sp³-hybridized carbons (Fsp3) is 0.214. The number of nitrogens with zero attached hydrogens (tertiary/aromatic N) is 3. The van der Waals surface area contributed by atoms with Crippen molar-refractivity contribution >= 4 is 12.1 Å². The lowest BCUT2D eigenvalue weighted by atomic mass is 10.1. The van der Waals surface area contributed by atoms with Gasteiger partial charge >= 0.3 is 0 Å². The second-order valence-electron chi connectivity index (χ2n) is 4.49. The molecule has 3 rings (SSSR count). The Kier molecular flexibility index (Phi) is 2.87. The van der Waals surface area contributed by atoms with Gasteiger partial charge in [-0.05, 0) is 18.9 Å². The zero-order valence-corrected chi connectivity index (χ0v) is 10.6. The number of aromatic nitrogens is 4. The molecule has 0 bridgehead atoms. The fourth-order valence-electron chi connectivity index (χ4n) is 2.14. The first-order valence-corrected chi connectivity index (χ1v) is 6.21. The highest BCUT2D eigenvalue weighted by molar-refractivity contribution is 5.75. The van der Waals surface area contributed by atoms with Gasteiger partial charge < -0.3 is 0 Å². The average molecular weight is 254 g/mol. The molecule has 0 aliphatic rings. The number of benzene rings is 1. The van der Waals surface area contributed by atoms with E-state index < -0.39 is 0 Å². The highest BCUT2D eigenvalue weighted by atomic mass is 16.1. The summed E-state index contributed by atoms with van der Waals surface area (Å²) in [6, 6.07) is 10.2. The summed E-state index contributed by atoms with van der Waals surface area (Å²) >= 11 is 0. The molecule has 0 fully saturated rings. The van der Waals surface area contributed by atoms with E-state index in [4.69, 9.17) is 0 Å². The molecule has 0 spiro atoms. The Labute approximate surface area is 110 Å². The summed E-state index contributed by atoms with van der Waals surface area (Å²) in [5.74, 6) is 1.40. The van der Waals surface area contributed by atoms with Gasteiger partial charge in [0.05, 0.1) is 5.69 Å². The van der Waals surface area contributed by atoms with Crippen LogP contribution in [0.3, 0.4) is 0 Å². The van der Waals surface area contributed by atoms with Crippen molar-refractivity contribution in [1.82, 2.24) is 19.6 Å². The molecule has 0 saturated carbocycles. The van der Waals surface area contributed by atoms with Crippen molar-refractivity contribution in [1.29, 1.82) is 0 Å². The number of aryl methyl sites for hydroxylation is 3. The molecular weight excluding hydrogens is 240 g/mol. The number of carbonyl (C=O) groups is 1. The number of aldehydes is 1. The van der Waals surface area contributed by atoms with E-state index >= 15 is 0 Å². The lowest BCUT2D eigenvalue weighted by molar-refractivity contribution is 0.111. The number of hydrogen-bond donors (Lipinski definition) is 1. The van der Waals surface area contributed by atoms with E-state index in [9.17, 15) is 4.79 Å². The maximum Gasteiger partial charge on any atom is 0.251 e. The van der Waals surface area contributed by atoms with E-state index in [0.717, 1.165) is 25.0 Å². The maximum atomic E-state index is 11.0. The fourth-order valence-corrected chi connectivity index (χ4v) is 2.14. The molecule has 5 nitrogen and oxygen atoms in total. The third-order valence-corrected chi connectivity index (χ3v) is 3.16. The van der Waals surface area contributed by atoms with E-state index in [0.29, 0.717) is 17.2 Å². The smallest absolute Gasteiger partial charge is 0.251 e. The van der Waals surface area contributed by atoms with Crippen LogP contribution < -0.4 is 0 Å². The van der Waals surface area contributed by atoms with Gasteiger partial charge in [0.2, 0.25) is 0 Å². The van der Waals surface area contributed by atoms with Crippen LogP contribution >= 0.6 is 0 Å². The first-order valence-electron chi connectivity index (χ1n) is 6.21. The summed E-state index contributed by atoms with van der Waals surface area (Å²) in [5.41, 5.74) is 2.50. The van der Waals surface area contributed by atoms with Crippen LogP contribution in [0.1, 0.15) is 27.6 Å². The first-order chi connectivity index (χ1) is 9.28. The van der Waals surface area contributed by atoms with Gasteiger partial charge in [-0.3, -0.25) is 9.89 Å². The third kappa shape index (κ3) is 2.14. The molecule has 1 N–H and O–H groups in total. The van der Waals surface area contributed by atoms with Crippen LogP contribution in [0.4, 0.5) is 0 Å². The van der Waals surface area contributed by atoms with Crippen molar-refractivity contribution < 1.29 is 4.79 Å². The summed E-state index contributed by atoms with van der Waals surface area (Å²) in [5, 5.41) is 3.12. The molecule has 0 saturated heterocycles. The van der Waals surface area contributed by atoms with E-state index in [1.165, 1.54) is 5.56 Å². The highest BCUT2D eigenvalue weighted by Crippen LogP contribution is 2.10. The largest absolute Gasteiger partial charge is 0.296 e. The molecule has 2 heterocycles.